The van der Waals surface area contributed by atoms with E-state index in [2.05, 4.69) is 15.6 Å². The molecule has 0 spiro atoms. The van der Waals surface area contributed by atoms with Gasteiger partial charge in [0.1, 0.15) is 6.54 Å². The normalized spacial score (nSPS) is 11.3. The molecule has 1 aromatic carbocycles. The molecule has 0 aliphatic carbocycles. The Labute approximate surface area is 151 Å². The van der Waals surface area contributed by atoms with Gasteiger partial charge in [-0.25, -0.2) is 5.43 Å². The van der Waals surface area contributed by atoms with Crippen LogP contribution < -0.4 is 5.43 Å². The van der Waals surface area contributed by atoms with E-state index >= 15 is 0 Å². The third-order valence-electron chi connectivity index (χ3n) is 3.29. The van der Waals surface area contributed by atoms with Gasteiger partial charge in [0.15, 0.2) is 0 Å². The minimum Gasteiger partial charge on any atom is -0.358 e. The fraction of sp³-hybridized carbons (Fsp3) is 0.214. The predicted molar refractivity (Wildman–Crippen MR) is 92.3 cm³/mol. The molecule has 1 heterocycles. The lowest BCUT2D eigenvalue weighted by Gasteiger charge is -2.04. The number of hydrazone groups is 1. The summed E-state index contributed by atoms with van der Waals surface area (Å²) in [5, 5.41) is 29.0. The molecule has 136 valence electrons. The van der Waals surface area contributed by atoms with Crippen LogP contribution in [0.5, 0.6) is 0 Å². The highest BCUT2D eigenvalue weighted by Crippen LogP contribution is 2.22. The first-order chi connectivity index (χ1) is 12.2. The molecule has 0 saturated heterocycles. The average molecular weight is 381 g/mol. The molecule has 1 amide bonds. The molecular weight excluding hydrogens is 368 g/mol. The van der Waals surface area contributed by atoms with Gasteiger partial charge in [-0.05, 0) is 24.8 Å². The predicted octanol–water partition coefficient (Wildman–Crippen LogP) is 2.47. The van der Waals surface area contributed by atoms with Gasteiger partial charge in [-0.15, -0.1) is 0 Å². The Morgan fingerprint density at radius 3 is 2.54 bits per heavy atom. The standard InChI is InChI=1S/C14H13ClN6O5/c1-8(7-19-9(2)5-13(18-19)21(25)26)16-17-14(22)11-4-3-10(20(23)24)6-12(11)15/h3-6H,7H2,1-2H3,(H,17,22)/b16-8+. The first-order valence-corrected chi connectivity index (χ1v) is 7.53. The van der Waals surface area contributed by atoms with Crippen LogP contribution in [0.3, 0.4) is 0 Å². The van der Waals surface area contributed by atoms with E-state index in [-0.39, 0.29) is 28.6 Å². The fourth-order valence-corrected chi connectivity index (χ4v) is 2.26. The van der Waals surface area contributed by atoms with Gasteiger partial charge >= 0.3 is 5.82 Å². The zero-order valence-corrected chi connectivity index (χ0v) is 14.4. The number of hydrogen-bond acceptors (Lipinski definition) is 7. The maximum absolute atomic E-state index is 12.1. The summed E-state index contributed by atoms with van der Waals surface area (Å²) in [6.07, 6.45) is 0. The van der Waals surface area contributed by atoms with Crippen LogP contribution in [-0.2, 0) is 6.54 Å². The first-order valence-electron chi connectivity index (χ1n) is 7.15. The summed E-state index contributed by atoms with van der Waals surface area (Å²) in [5.41, 5.74) is 3.06. The first kappa shape index (κ1) is 19.0. The topological polar surface area (TPSA) is 146 Å². The second kappa shape index (κ2) is 7.70. The maximum Gasteiger partial charge on any atom is 0.390 e. The summed E-state index contributed by atoms with van der Waals surface area (Å²) in [4.78, 5) is 32.2. The molecule has 0 aliphatic rings. The van der Waals surface area contributed by atoms with E-state index in [1.807, 2.05) is 0 Å². The minimum atomic E-state index is -0.646. The number of halogens is 1. The molecular formula is C14H13ClN6O5. The van der Waals surface area contributed by atoms with Crippen molar-refractivity contribution in [2.45, 2.75) is 20.4 Å². The van der Waals surface area contributed by atoms with E-state index in [4.69, 9.17) is 11.6 Å². The summed E-state index contributed by atoms with van der Waals surface area (Å²) in [6, 6.07) is 4.77. The second-order valence-corrected chi connectivity index (χ2v) is 5.68. The molecule has 1 aromatic heterocycles. The van der Waals surface area contributed by atoms with Crippen LogP contribution >= 0.6 is 11.6 Å². The molecule has 26 heavy (non-hydrogen) atoms. The number of benzene rings is 1. The number of nitro groups is 2. The highest BCUT2D eigenvalue weighted by Gasteiger charge is 2.17. The Morgan fingerprint density at radius 1 is 1.31 bits per heavy atom. The molecule has 2 rings (SSSR count). The zero-order chi connectivity index (χ0) is 19.4. The molecule has 0 radical (unpaired) electrons. The van der Waals surface area contributed by atoms with Gasteiger partial charge in [-0.3, -0.25) is 14.9 Å². The van der Waals surface area contributed by atoms with Crippen LogP contribution in [0.1, 0.15) is 23.0 Å². The number of amides is 1. The molecule has 2 aromatic rings. The minimum absolute atomic E-state index is 0.0275. The second-order valence-electron chi connectivity index (χ2n) is 5.27. The quantitative estimate of drug-likeness (QED) is 0.462. The van der Waals surface area contributed by atoms with Crippen molar-refractivity contribution in [3.63, 3.8) is 0 Å². The molecule has 0 fully saturated rings. The molecule has 12 heteroatoms. The van der Waals surface area contributed by atoms with Crippen LogP contribution in [0.4, 0.5) is 11.5 Å². The Hall–Kier alpha value is -3.34. The van der Waals surface area contributed by atoms with Crippen molar-refractivity contribution in [1.82, 2.24) is 15.2 Å². The molecule has 0 bridgehead atoms. The van der Waals surface area contributed by atoms with Gasteiger partial charge in [-0.2, -0.15) is 9.78 Å². The van der Waals surface area contributed by atoms with Crippen molar-refractivity contribution in [1.29, 1.82) is 0 Å². The van der Waals surface area contributed by atoms with E-state index in [0.29, 0.717) is 11.4 Å². The molecule has 0 atom stereocenters. The number of rotatable bonds is 6. The van der Waals surface area contributed by atoms with Gasteiger partial charge in [0, 0.05) is 12.1 Å². The van der Waals surface area contributed by atoms with Crippen molar-refractivity contribution in [3.8, 4) is 0 Å². The van der Waals surface area contributed by atoms with Crippen molar-refractivity contribution < 1.29 is 14.6 Å². The molecule has 0 saturated carbocycles. The van der Waals surface area contributed by atoms with E-state index < -0.39 is 15.8 Å². The number of non-ortho nitro benzene ring substituents is 1. The van der Waals surface area contributed by atoms with Crippen LogP contribution in [-0.4, -0.2) is 31.2 Å². The van der Waals surface area contributed by atoms with Gasteiger partial charge in [0.25, 0.3) is 11.6 Å². The van der Waals surface area contributed by atoms with Gasteiger partial charge in [0.05, 0.1) is 38.1 Å². The lowest BCUT2D eigenvalue weighted by molar-refractivity contribution is -0.389. The third kappa shape index (κ3) is 4.39. The van der Waals surface area contributed by atoms with Crippen molar-refractivity contribution in [3.05, 3.63) is 60.8 Å². The van der Waals surface area contributed by atoms with Crippen molar-refractivity contribution in [2.75, 3.05) is 0 Å². The van der Waals surface area contributed by atoms with E-state index in [1.54, 1.807) is 13.8 Å². The Morgan fingerprint density at radius 2 is 2.00 bits per heavy atom. The molecule has 0 aliphatic heterocycles. The van der Waals surface area contributed by atoms with Crippen LogP contribution in [0.15, 0.2) is 29.4 Å². The number of aromatic nitrogens is 2. The summed E-state index contributed by atoms with van der Waals surface area (Å²) in [7, 11) is 0. The Bertz CT molecular complexity index is 923. The van der Waals surface area contributed by atoms with Crippen molar-refractivity contribution in [2.24, 2.45) is 5.10 Å². The van der Waals surface area contributed by atoms with Crippen LogP contribution in [0, 0.1) is 27.2 Å². The summed E-state index contributed by atoms with van der Waals surface area (Å²) >= 11 is 5.87. The lowest BCUT2D eigenvalue weighted by Crippen LogP contribution is -2.21. The van der Waals surface area contributed by atoms with E-state index in [0.717, 1.165) is 12.1 Å². The lowest BCUT2D eigenvalue weighted by atomic mass is 10.2. The molecule has 0 unspecified atom stereocenters. The zero-order valence-electron chi connectivity index (χ0n) is 13.7. The van der Waals surface area contributed by atoms with Gasteiger partial charge < -0.3 is 10.1 Å². The Kier molecular flexibility index (Phi) is 5.62. The average Bonchev–Trinajstić information content (AvgIpc) is 2.93. The number of nitrogens with zero attached hydrogens (tertiary/aromatic N) is 5. The number of nitro benzene ring substituents is 1. The van der Waals surface area contributed by atoms with Crippen LogP contribution in [0.2, 0.25) is 5.02 Å². The number of hydrogen-bond donors (Lipinski definition) is 1. The molecule has 11 nitrogen and oxygen atoms in total. The van der Waals surface area contributed by atoms with Gasteiger partial charge in [-0.1, -0.05) is 11.6 Å². The summed E-state index contributed by atoms with van der Waals surface area (Å²) in [6.45, 7) is 3.39. The number of carbonyl (C=O) groups is 1. The van der Waals surface area contributed by atoms with E-state index in [1.165, 1.54) is 16.8 Å². The SMILES string of the molecule is C/C(Cn1nc([N+](=O)[O-])cc1C)=N\NC(=O)c1ccc([N+](=O)[O-])cc1Cl. The fourth-order valence-electron chi connectivity index (χ4n) is 2.00. The van der Waals surface area contributed by atoms with E-state index in [9.17, 15) is 25.0 Å². The third-order valence-corrected chi connectivity index (χ3v) is 3.60. The number of carbonyl (C=O) groups excluding carboxylic acids is 1. The highest BCUT2D eigenvalue weighted by molar-refractivity contribution is 6.34. The Balaban J connectivity index is 2.08. The van der Waals surface area contributed by atoms with Crippen molar-refractivity contribution >= 4 is 34.7 Å². The van der Waals surface area contributed by atoms with Crippen LogP contribution in [0.25, 0.3) is 0 Å². The smallest absolute Gasteiger partial charge is 0.358 e. The highest BCUT2D eigenvalue weighted by atomic mass is 35.5. The molecule has 1 N–H and O–H groups in total. The largest absolute Gasteiger partial charge is 0.390 e. The maximum atomic E-state index is 12.1. The monoisotopic (exact) mass is 380 g/mol. The summed E-state index contributed by atoms with van der Waals surface area (Å²) in [5.74, 6) is -0.926. The summed E-state index contributed by atoms with van der Waals surface area (Å²) < 4.78 is 1.38. The number of aryl methyl sites for hydroxylation is 1. The number of nitrogens with one attached hydrogen (secondary N) is 1. The van der Waals surface area contributed by atoms with Gasteiger partial charge in [0.2, 0.25) is 0 Å².